The topological polar surface area (TPSA) is 514 Å². The molecule has 12 atom stereocenters. The van der Waals surface area contributed by atoms with Gasteiger partial charge in [0.15, 0.2) is 12.6 Å². The van der Waals surface area contributed by atoms with Crippen LogP contribution in [0.4, 0.5) is 0 Å². The van der Waals surface area contributed by atoms with Crippen molar-refractivity contribution in [1.29, 1.82) is 0 Å². The Morgan fingerprint density at radius 3 is 1.26 bits per heavy atom. The minimum absolute atomic E-state index is 0.00275. The zero-order valence-electron chi connectivity index (χ0n) is 51.2. The molecule has 0 aromatic heterocycles. The number of nitrogens with zero attached hydrogens (tertiary/aromatic N) is 1. The van der Waals surface area contributed by atoms with Crippen molar-refractivity contribution in [2.75, 3.05) is 178 Å². The van der Waals surface area contributed by atoms with Crippen molar-refractivity contribution in [3.8, 4) is 0 Å². The lowest BCUT2D eigenvalue weighted by molar-refractivity contribution is -0.301. The van der Waals surface area contributed by atoms with Gasteiger partial charge in [-0.15, -0.1) is 0 Å². The number of likely N-dealkylation sites (tertiary alicyclic amines) is 1. The summed E-state index contributed by atoms with van der Waals surface area (Å²) in [6, 6.07) is 0. The molecule has 3 heterocycles. The van der Waals surface area contributed by atoms with Crippen LogP contribution in [-0.4, -0.2) is 338 Å². The molecule has 0 spiro atoms. The van der Waals surface area contributed by atoms with Crippen LogP contribution in [0.25, 0.3) is 0 Å². The highest BCUT2D eigenvalue weighted by molar-refractivity contribution is 7.46. The fourth-order valence-corrected chi connectivity index (χ4v) is 9.14. The first-order chi connectivity index (χ1) is 43.9. The van der Waals surface area contributed by atoms with E-state index in [1.807, 2.05) is 0 Å². The van der Waals surface area contributed by atoms with Crippen molar-refractivity contribution >= 4 is 58.7 Å². The van der Waals surface area contributed by atoms with Crippen molar-refractivity contribution in [3.05, 3.63) is 0 Å². The number of Topliss-reactive ketones (excluding diaryl/α,β-unsaturated/α-hetero) is 2. The van der Waals surface area contributed by atoms with E-state index in [0.29, 0.717) is 32.8 Å². The number of rotatable bonds is 56. The molecule has 3 rings (SSSR count). The van der Waals surface area contributed by atoms with Crippen LogP contribution in [0.5, 0.6) is 0 Å². The predicted molar refractivity (Wildman–Crippen MR) is 308 cm³/mol. The maximum atomic E-state index is 13.4. The molecule has 2 radical (unpaired) electrons. The van der Waals surface area contributed by atoms with Crippen LogP contribution < -0.4 is 10.6 Å². The predicted octanol–water partition coefficient (Wildman–Crippen LogP) is -5.94. The van der Waals surface area contributed by atoms with Crippen molar-refractivity contribution in [3.63, 3.8) is 0 Å². The van der Waals surface area contributed by atoms with Gasteiger partial charge in [0.25, 0.3) is 0 Å². The molecule has 37 nitrogen and oxygen atoms in total. The molecule has 40 heteroatoms. The number of imide groups is 1. The minimum Gasteiger partial charge on any atom is -0.387 e. The van der Waals surface area contributed by atoms with Gasteiger partial charge < -0.3 is 127 Å². The first kappa shape index (κ1) is 83.1. The zero-order chi connectivity index (χ0) is 67.7. The average Bonchev–Trinajstić information content (AvgIpc) is 1.07. The number of amides is 4. The van der Waals surface area contributed by atoms with Crippen LogP contribution in [0.2, 0.25) is 5.82 Å². The fourth-order valence-electron chi connectivity index (χ4n) is 8.46. The van der Waals surface area contributed by atoms with E-state index in [2.05, 4.69) is 19.7 Å². The normalized spacial score (nSPS) is 24.1. The molecule has 3 aliphatic heterocycles. The van der Waals surface area contributed by atoms with E-state index in [1.165, 1.54) is 0 Å². The molecule has 0 aromatic carbocycles. The Morgan fingerprint density at radius 2 is 0.870 bits per heavy atom. The lowest BCUT2D eigenvalue weighted by atomic mass is 9.86. The maximum absolute atomic E-state index is 13.4. The molecule has 92 heavy (non-hydrogen) atoms. The monoisotopic (exact) mass is 1380 g/mol. The Morgan fingerprint density at radius 1 is 0.500 bits per heavy atom. The summed E-state index contributed by atoms with van der Waals surface area (Å²) in [6.07, 6.45) is -15.6. The van der Waals surface area contributed by atoms with E-state index in [0.717, 1.165) is 4.90 Å². The summed E-state index contributed by atoms with van der Waals surface area (Å²) in [5.74, 6) is -4.86. The van der Waals surface area contributed by atoms with E-state index >= 15 is 0 Å². The minimum atomic E-state index is -4.91. The van der Waals surface area contributed by atoms with Gasteiger partial charge in [-0.3, -0.25) is 42.7 Å². The van der Waals surface area contributed by atoms with Gasteiger partial charge in [-0.1, -0.05) is 0 Å². The van der Waals surface area contributed by atoms with E-state index in [1.54, 1.807) is 0 Å². The molecule has 3 fully saturated rings. The Hall–Kier alpha value is -3.10. The second kappa shape index (κ2) is 47.8. The average molecular weight is 1380 g/mol. The number of ether oxygens (including phenoxy) is 14. The summed E-state index contributed by atoms with van der Waals surface area (Å²) in [5.41, 5.74) is 0. The molecule has 0 bridgehead atoms. The van der Waals surface area contributed by atoms with Crippen LogP contribution in [0.1, 0.15) is 44.9 Å². The van der Waals surface area contributed by atoms with Crippen LogP contribution >= 0.6 is 15.6 Å². The summed E-state index contributed by atoms with van der Waals surface area (Å²) < 4.78 is 107. The molecule has 12 unspecified atom stereocenters. The molecule has 532 valence electrons. The second-order valence-corrected chi connectivity index (χ2v) is 23.0. The van der Waals surface area contributed by atoms with Crippen LogP contribution in [0.3, 0.4) is 0 Å². The number of phosphoric acid groups is 2. The maximum Gasteiger partial charge on any atom is 0.469 e. The largest absolute Gasteiger partial charge is 0.469 e. The first-order valence-corrected chi connectivity index (χ1v) is 32.9. The SMILES string of the molecule is [B]C1CC(=O)N(CCC(=O)CCCOCCOCCOCCOCCNC(=O)CC(C(=O)CCCOCCOCCOCCOC2OC(COP(=O)(O)O)C(O)C(O)C2O)C(=O)NCCOCCOCCOCCOC2OC(COP(=O)(O)O)C(O)C(O)C2O)C1=O. The number of hydrogen-bond acceptors (Lipinski definition) is 30. The molecular formula is C52H92BN3O34P2. The number of phosphoric ester groups is 2. The highest BCUT2D eigenvalue weighted by Crippen LogP contribution is 2.38. The van der Waals surface area contributed by atoms with E-state index < -0.39 is 132 Å². The first-order valence-electron chi connectivity index (χ1n) is 29.9. The van der Waals surface area contributed by atoms with Gasteiger partial charge in [0.2, 0.25) is 23.6 Å². The third-order valence-electron chi connectivity index (χ3n) is 13.3. The van der Waals surface area contributed by atoms with Gasteiger partial charge in [-0.2, -0.15) is 0 Å². The smallest absolute Gasteiger partial charge is 0.387 e. The van der Waals surface area contributed by atoms with Crippen LogP contribution in [-0.2, 0) is 113 Å². The van der Waals surface area contributed by atoms with Crippen LogP contribution in [0.15, 0.2) is 0 Å². The highest BCUT2D eigenvalue weighted by Gasteiger charge is 2.46. The molecule has 0 saturated carbocycles. The standard InChI is InChI=1S/C52H92BN3O34P2/c53-37-32-42(60)56(50(37)68)8-5-35(57)3-1-9-75-13-17-79-21-22-81-19-15-77-11-6-54-41(59)31-36(38(58)4-2-10-76-14-18-80-23-25-83-27-29-85-51-47(65)45(63)43(61)39(89-51)33-87-91(69,70)71)49(67)55-7-12-78-16-20-82-24-26-84-28-30-86-52-48(66)46(64)44(62)40(90-52)34-88-92(72,73)74/h36-37,39-40,43-48,51-52,61-66H,1-34H2,(H,54,59)(H,55,67)(H2,69,70,71)(H2,72,73,74). The Kier molecular flexibility index (Phi) is 43.2. The highest BCUT2D eigenvalue weighted by atomic mass is 31.2. The van der Waals surface area contributed by atoms with Gasteiger partial charge in [0.05, 0.1) is 153 Å². The van der Waals surface area contributed by atoms with Crippen LogP contribution in [0, 0.1) is 5.92 Å². The molecule has 0 aromatic rings. The molecular weight excluding hydrogens is 1280 g/mol. The Labute approximate surface area is 532 Å². The number of aliphatic hydroxyl groups is 6. The van der Waals surface area contributed by atoms with Crippen molar-refractivity contribution in [2.24, 2.45) is 5.92 Å². The number of ketones is 2. The van der Waals surface area contributed by atoms with Gasteiger partial charge >= 0.3 is 15.6 Å². The molecule has 0 aliphatic carbocycles. The van der Waals surface area contributed by atoms with Crippen molar-refractivity contribution in [2.45, 2.75) is 112 Å². The summed E-state index contributed by atoms with van der Waals surface area (Å²) in [6.45, 7) is 1.58. The van der Waals surface area contributed by atoms with E-state index in [-0.39, 0.29) is 182 Å². The third-order valence-corrected chi connectivity index (χ3v) is 14.3. The lowest BCUT2D eigenvalue weighted by Crippen LogP contribution is -2.59. The molecule has 3 aliphatic rings. The van der Waals surface area contributed by atoms with Gasteiger partial charge in [-0.05, 0) is 12.8 Å². The lowest BCUT2D eigenvalue weighted by Gasteiger charge is -2.40. The van der Waals surface area contributed by atoms with Gasteiger partial charge in [0.1, 0.15) is 66.3 Å². The van der Waals surface area contributed by atoms with Gasteiger partial charge in [0, 0.05) is 70.8 Å². The van der Waals surface area contributed by atoms with Crippen molar-refractivity contribution in [1.82, 2.24) is 15.5 Å². The number of carbonyl (C=O) groups is 6. The third kappa shape index (κ3) is 36.3. The number of carbonyl (C=O) groups excluding carboxylic acids is 6. The van der Waals surface area contributed by atoms with E-state index in [9.17, 15) is 68.5 Å². The summed E-state index contributed by atoms with van der Waals surface area (Å²) in [5, 5.41) is 65.8. The Balaban J connectivity index is 1.26. The summed E-state index contributed by atoms with van der Waals surface area (Å²) in [7, 11) is -4.23. The van der Waals surface area contributed by atoms with Crippen molar-refractivity contribution < 1.29 is 163 Å². The Bertz CT molecular complexity index is 2100. The summed E-state index contributed by atoms with van der Waals surface area (Å²) >= 11 is 0. The second-order valence-electron chi connectivity index (χ2n) is 20.5. The molecule has 12 N–H and O–H groups in total. The zero-order valence-corrected chi connectivity index (χ0v) is 52.9. The molecule has 4 amide bonds. The van der Waals surface area contributed by atoms with Gasteiger partial charge in [-0.25, -0.2) is 9.13 Å². The number of hydrogen-bond donors (Lipinski definition) is 12. The summed E-state index contributed by atoms with van der Waals surface area (Å²) in [4.78, 5) is 112. The fraction of sp³-hybridized carbons (Fsp3) is 0.885. The number of nitrogens with one attached hydrogen (secondary N) is 2. The molecule has 3 saturated heterocycles. The quantitative estimate of drug-likeness (QED) is 0.00887. The van der Waals surface area contributed by atoms with E-state index in [4.69, 9.17) is 93.7 Å². The number of aliphatic hydroxyl groups excluding tert-OH is 6.